The van der Waals surface area contributed by atoms with Gasteiger partial charge < -0.3 is 15.0 Å². The highest BCUT2D eigenvalue weighted by Gasteiger charge is 2.32. The average Bonchev–Trinajstić information content (AvgIpc) is 3.07. The Labute approximate surface area is 161 Å². The first-order chi connectivity index (χ1) is 12.9. The molecule has 6 heteroatoms. The summed E-state index contributed by atoms with van der Waals surface area (Å²) in [7, 11) is 0. The number of aryl methyl sites for hydroxylation is 1. The molecular weight excluding hydrogens is 342 g/mol. The number of hydrogen-bond donors (Lipinski definition) is 1. The number of nitrogens with zero attached hydrogens (tertiary/aromatic N) is 2. The molecule has 3 atom stereocenters. The van der Waals surface area contributed by atoms with E-state index in [0.717, 1.165) is 44.6 Å². The van der Waals surface area contributed by atoms with Gasteiger partial charge in [0.2, 0.25) is 5.91 Å². The first kappa shape index (κ1) is 19.8. The molecule has 2 aliphatic heterocycles. The number of carbonyl (C=O) groups excluding carboxylic acids is 2. The predicted octanol–water partition coefficient (Wildman–Crippen LogP) is 1.83. The Morgan fingerprint density at radius 3 is 2.59 bits per heavy atom. The highest BCUT2D eigenvalue weighted by molar-refractivity contribution is 5.97. The van der Waals surface area contributed by atoms with Crippen molar-refractivity contribution in [3.8, 4) is 0 Å². The van der Waals surface area contributed by atoms with Crippen molar-refractivity contribution in [3.05, 3.63) is 35.4 Å². The molecule has 0 bridgehead atoms. The van der Waals surface area contributed by atoms with Crippen LogP contribution in [0.5, 0.6) is 0 Å². The Morgan fingerprint density at radius 2 is 1.89 bits per heavy atom. The number of nitrogens with one attached hydrogen (secondary N) is 1. The minimum absolute atomic E-state index is 0.00814. The Bertz CT molecular complexity index is 668. The van der Waals surface area contributed by atoms with Crippen LogP contribution in [0.4, 0.5) is 0 Å². The third-order valence-corrected chi connectivity index (χ3v) is 5.45. The van der Waals surface area contributed by atoms with Crippen LogP contribution in [0, 0.1) is 6.92 Å². The highest BCUT2D eigenvalue weighted by Crippen LogP contribution is 2.20. The maximum atomic E-state index is 12.7. The summed E-state index contributed by atoms with van der Waals surface area (Å²) in [4.78, 5) is 29.4. The summed E-state index contributed by atoms with van der Waals surface area (Å²) in [5, 5.41) is 2.79. The molecule has 1 N–H and O–H groups in total. The molecule has 0 saturated carbocycles. The zero-order chi connectivity index (χ0) is 19.4. The van der Waals surface area contributed by atoms with E-state index in [1.807, 2.05) is 30.0 Å². The third-order valence-electron chi connectivity index (χ3n) is 5.45. The van der Waals surface area contributed by atoms with E-state index >= 15 is 0 Å². The van der Waals surface area contributed by atoms with Crippen molar-refractivity contribution in [1.82, 2.24) is 15.1 Å². The second kappa shape index (κ2) is 8.85. The van der Waals surface area contributed by atoms with Crippen LogP contribution in [0.3, 0.4) is 0 Å². The fraction of sp³-hybridized carbons (Fsp3) is 0.619. The van der Waals surface area contributed by atoms with Crippen LogP contribution in [0.1, 0.15) is 42.6 Å². The summed E-state index contributed by atoms with van der Waals surface area (Å²) < 4.78 is 5.80. The SMILES string of the molecule is Cc1ccccc1C(=O)NCC(=O)N1CCCC1CN1CC(C)OC(C)C1. The summed E-state index contributed by atoms with van der Waals surface area (Å²) in [5.74, 6) is -0.179. The van der Waals surface area contributed by atoms with Gasteiger partial charge in [0.1, 0.15) is 0 Å². The number of likely N-dealkylation sites (tertiary alicyclic amines) is 1. The summed E-state index contributed by atoms with van der Waals surface area (Å²) in [5.41, 5.74) is 1.54. The van der Waals surface area contributed by atoms with Gasteiger partial charge in [0.05, 0.1) is 18.8 Å². The van der Waals surface area contributed by atoms with Crippen LogP contribution in [0.25, 0.3) is 0 Å². The number of amides is 2. The van der Waals surface area contributed by atoms with E-state index in [-0.39, 0.29) is 36.6 Å². The molecule has 2 heterocycles. The van der Waals surface area contributed by atoms with Crippen molar-refractivity contribution < 1.29 is 14.3 Å². The average molecular weight is 373 g/mol. The molecule has 2 saturated heterocycles. The summed E-state index contributed by atoms with van der Waals surface area (Å²) in [6.45, 7) is 9.63. The van der Waals surface area contributed by atoms with Gasteiger partial charge in [0.15, 0.2) is 0 Å². The molecule has 148 valence electrons. The van der Waals surface area contributed by atoms with Crippen LogP contribution in [-0.4, -0.2) is 72.6 Å². The van der Waals surface area contributed by atoms with Gasteiger partial charge in [-0.3, -0.25) is 14.5 Å². The second-order valence-corrected chi connectivity index (χ2v) is 7.86. The van der Waals surface area contributed by atoms with Crippen molar-refractivity contribution in [2.24, 2.45) is 0 Å². The molecule has 0 aromatic heterocycles. The van der Waals surface area contributed by atoms with E-state index < -0.39 is 0 Å². The number of rotatable bonds is 5. The number of hydrogen-bond acceptors (Lipinski definition) is 4. The molecule has 1 aromatic rings. The van der Waals surface area contributed by atoms with Gasteiger partial charge >= 0.3 is 0 Å². The van der Waals surface area contributed by atoms with E-state index in [1.165, 1.54) is 0 Å². The molecule has 1 aromatic carbocycles. The monoisotopic (exact) mass is 373 g/mol. The number of benzene rings is 1. The molecule has 3 unspecified atom stereocenters. The lowest BCUT2D eigenvalue weighted by Gasteiger charge is -2.38. The van der Waals surface area contributed by atoms with E-state index in [0.29, 0.717) is 5.56 Å². The van der Waals surface area contributed by atoms with Crippen molar-refractivity contribution in [2.45, 2.75) is 51.9 Å². The van der Waals surface area contributed by atoms with Gasteiger partial charge in [-0.15, -0.1) is 0 Å². The molecule has 2 fully saturated rings. The number of morpholine rings is 1. The maximum Gasteiger partial charge on any atom is 0.251 e. The lowest BCUT2D eigenvalue weighted by atomic mass is 10.1. The number of carbonyl (C=O) groups is 2. The van der Waals surface area contributed by atoms with Gasteiger partial charge in [-0.2, -0.15) is 0 Å². The summed E-state index contributed by atoms with van der Waals surface area (Å²) >= 11 is 0. The molecule has 3 rings (SSSR count). The van der Waals surface area contributed by atoms with Crippen molar-refractivity contribution in [3.63, 3.8) is 0 Å². The second-order valence-electron chi connectivity index (χ2n) is 7.86. The highest BCUT2D eigenvalue weighted by atomic mass is 16.5. The van der Waals surface area contributed by atoms with Crippen molar-refractivity contribution >= 4 is 11.8 Å². The zero-order valence-corrected chi connectivity index (χ0v) is 16.6. The molecule has 0 aliphatic carbocycles. The topological polar surface area (TPSA) is 61.9 Å². The molecule has 0 spiro atoms. The van der Waals surface area contributed by atoms with Crippen LogP contribution < -0.4 is 5.32 Å². The molecular formula is C21H31N3O3. The Kier molecular flexibility index (Phi) is 6.50. The Morgan fingerprint density at radius 1 is 1.19 bits per heavy atom. The van der Waals surface area contributed by atoms with Gasteiger partial charge in [0.25, 0.3) is 5.91 Å². The van der Waals surface area contributed by atoms with Gasteiger partial charge in [-0.25, -0.2) is 0 Å². The molecule has 27 heavy (non-hydrogen) atoms. The zero-order valence-electron chi connectivity index (χ0n) is 16.6. The molecule has 6 nitrogen and oxygen atoms in total. The fourth-order valence-electron chi connectivity index (χ4n) is 4.27. The first-order valence-corrected chi connectivity index (χ1v) is 9.95. The largest absolute Gasteiger partial charge is 0.373 e. The van der Waals surface area contributed by atoms with Crippen LogP contribution in [0.2, 0.25) is 0 Å². The molecule has 2 aliphatic rings. The minimum atomic E-state index is -0.187. The van der Waals surface area contributed by atoms with Crippen molar-refractivity contribution in [2.75, 3.05) is 32.7 Å². The van der Waals surface area contributed by atoms with Crippen LogP contribution in [0.15, 0.2) is 24.3 Å². The molecule has 0 radical (unpaired) electrons. The Balaban J connectivity index is 1.53. The third kappa shape index (κ3) is 5.08. The predicted molar refractivity (Wildman–Crippen MR) is 105 cm³/mol. The van der Waals surface area contributed by atoms with Crippen molar-refractivity contribution in [1.29, 1.82) is 0 Å². The maximum absolute atomic E-state index is 12.7. The number of ether oxygens (including phenoxy) is 1. The molecule has 2 amide bonds. The lowest BCUT2D eigenvalue weighted by Crippen LogP contribution is -2.52. The summed E-state index contributed by atoms with van der Waals surface area (Å²) in [6, 6.07) is 7.65. The van der Waals surface area contributed by atoms with Crippen LogP contribution >= 0.6 is 0 Å². The fourth-order valence-corrected chi connectivity index (χ4v) is 4.27. The smallest absolute Gasteiger partial charge is 0.251 e. The first-order valence-electron chi connectivity index (χ1n) is 9.95. The van der Waals surface area contributed by atoms with Gasteiger partial charge in [-0.05, 0) is 45.2 Å². The quantitative estimate of drug-likeness (QED) is 0.855. The minimum Gasteiger partial charge on any atom is -0.373 e. The Hall–Kier alpha value is -1.92. The normalized spacial score (nSPS) is 26.2. The van der Waals surface area contributed by atoms with E-state index in [9.17, 15) is 9.59 Å². The van der Waals surface area contributed by atoms with Crippen LogP contribution in [-0.2, 0) is 9.53 Å². The standard InChI is InChI=1S/C21H31N3O3/c1-15-7-4-5-9-19(15)21(26)22-11-20(25)24-10-6-8-18(24)14-23-12-16(2)27-17(3)13-23/h4-5,7,9,16-18H,6,8,10-14H2,1-3H3,(H,22,26). The van der Waals surface area contributed by atoms with Gasteiger partial charge in [0, 0.05) is 37.8 Å². The van der Waals surface area contributed by atoms with E-state index in [2.05, 4.69) is 24.1 Å². The lowest BCUT2D eigenvalue weighted by molar-refractivity contribution is -0.131. The van der Waals surface area contributed by atoms with E-state index in [4.69, 9.17) is 4.74 Å². The van der Waals surface area contributed by atoms with Gasteiger partial charge in [-0.1, -0.05) is 18.2 Å². The van der Waals surface area contributed by atoms with E-state index in [1.54, 1.807) is 6.07 Å². The summed E-state index contributed by atoms with van der Waals surface area (Å²) in [6.07, 6.45) is 2.51.